The number of urea groups is 1. The van der Waals surface area contributed by atoms with Crippen LogP contribution in [0, 0.1) is 0 Å². The van der Waals surface area contributed by atoms with Crippen molar-refractivity contribution >= 4 is 23.9 Å². The summed E-state index contributed by atoms with van der Waals surface area (Å²) < 4.78 is 17.9. The second kappa shape index (κ2) is 23.9. The lowest BCUT2D eigenvalue weighted by atomic mass is 10.1. The third-order valence-electron chi connectivity index (χ3n) is 9.97. The molecule has 292 valence electrons. The highest BCUT2D eigenvalue weighted by atomic mass is 16.5. The lowest BCUT2D eigenvalue weighted by Crippen LogP contribution is -2.52. The highest BCUT2D eigenvalue weighted by Gasteiger charge is 2.37. The highest BCUT2D eigenvalue weighted by Crippen LogP contribution is 2.25. The van der Waals surface area contributed by atoms with E-state index in [4.69, 9.17) is 14.2 Å². The van der Waals surface area contributed by atoms with E-state index >= 15 is 0 Å². The van der Waals surface area contributed by atoms with Gasteiger partial charge in [0.1, 0.15) is 22.8 Å². The van der Waals surface area contributed by atoms with Crippen molar-refractivity contribution in [2.75, 3.05) is 33.9 Å². The van der Waals surface area contributed by atoms with Gasteiger partial charge in [-0.15, -0.1) is 0 Å². The van der Waals surface area contributed by atoms with Gasteiger partial charge < -0.3 is 14.2 Å². The molecule has 54 heavy (non-hydrogen) atoms. The summed E-state index contributed by atoms with van der Waals surface area (Å²) in [5.41, 5.74) is 2.99. The number of hydrogen-bond acceptors (Lipinski definition) is 6. The van der Waals surface area contributed by atoms with Gasteiger partial charge in [-0.3, -0.25) is 19.4 Å². The minimum atomic E-state index is -0.634. The molecule has 0 unspecified atom stereocenters. The van der Waals surface area contributed by atoms with Gasteiger partial charge in [-0.2, -0.15) is 0 Å². The summed E-state index contributed by atoms with van der Waals surface area (Å²) >= 11 is 0. The zero-order valence-corrected chi connectivity index (χ0v) is 33.0. The van der Waals surface area contributed by atoms with Crippen LogP contribution >= 0.6 is 0 Å². The molecular formula is C46H62N2O6. The molecule has 8 nitrogen and oxygen atoms in total. The maximum atomic E-state index is 12.4. The molecule has 4 rings (SSSR count). The van der Waals surface area contributed by atoms with Gasteiger partial charge in [0.25, 0.3) is 11.8 Å². The summed E-state index contributed by atoms with van der Waals surface area (Å²) in [5, 5.41) is 0. The van der Waals surface area contributed by atoms with E-state index < -0.39 is 17.8 Å². The van der Waals surface area contributed by atoms with Gasteiger partial charge in [0, 0.05) is 14.1 Å². The number of carbonyl (C=O) groups is 3. The summed E-state index contributed by atoms with van der Waals surface area (Å²) in [6.07, 6.45) is 22.8. The predicted octanol–water partition coefficient (Wildman–Crippen LogP) is 11.3. The predicted molar refractivity (Wildman–Crippen MR) is 218 cm³/mol. The van der Waals surface area contributed by atoms with Gasteiger partial charge in [-0.1, -0.05) is 133 Å². The van der Waals surface area contributed by atoms with E-state index in [1.807, 2.05) is 12.1 Å². The number of hydrogen-bond donors (Lipinski definition) is 0. The van der Waals surface area contributed by atoms with Crippen molar-refractivity contribution in [2.45, 2.75) is 116 Å². The molecule has 0 aliphatic carbocycles. The Morgan fingerprint density at radius 1 is 0.444 bits per heavy atom. The number of ether oxygens (including phenoxy) is 3. The van der Waals surface area contributed by atoms with Gasteiger partial charge in [0.15, 0.2) is 0 Å². The topological polar surface area (TPSA) is 85.4 Å². The fourth-order valence-electron chi connectivity index (χ4n) is 6.54. The van der Waals surface area contributed by atoms with Crippen LogP contribution in [0.15, 0.2) is 78.4 Å². The molecule has 8 heteroatoms. The van der Waals surface area contributed by atoms with E-state index in [9.17, 15) is 14.4 Å². The van der Waals surface area contributed by atoms with Crippen LogP contribution in [0.25, 0.3) is 17.2 Å². The molecule has 4 amide bonds. The molecule has 0 spiro atoms. The molecule has 0 atom stereocenters. The normalized spacial score (nSPS) is 13.1. The van der Waals surface area contributed by atoms with Gasteiger partial charge in [-0.25, -0.2) is 4.79 Å². The van der Waals surface area contributed by atoms with Crippen LogP contribution in [-0.4, -0.2) is 61.6 Å². The molecule has 0 bridgehead atoms. The molecule has 1 saturated heterocycles. The van der Waals surface area contributed by atoms with E-state index in [2.05, 4.69) is 55.5 Å². The molecule has 1 fully saturated rings. The summed E-state index contributed by atoms with van der Waals surface area (Å²) in [7, 11) is 2.73. The van der Waals surface area contributed by atoms with Gasteiger partial charge in [0.2, 0.25) is 0 Å². The first kappa shape index (κ1) is 42.2. The number of carbonyl (C=O) groups excluding carboxylic acids is 3. The third kappa shape index (κ3) is 14.3. The SMILES string of the molecule is CCCCCCCCCCCCCOc1ccc(-c2ccc(OCCCCCCCCOc3ccc(C=C4C(=O)N(C)C(=O)N(C)C4=O)cc3)cc2)cc1. The van der Waals surface area contributed by atoms with Crippen LogP contribution < -0.4 is 14.2 Å². The zero-order chi connectivity index (χ0) is 38.4. The number of rotatable bonds is 26. The first-order valence-electron chi connectivity index (χ1n) is 20.4. The molecule has 0 radical (unpaired) electrons. The average Bonchev–Trinajstić information content (AvgIpc) is 3.20. The summed E-state index contributed by atoms with van der Waals surface area (Å²) in [5.74, 6) is 1.37. The molecule has 1 aliphatic rings. The van der Waals surface area contributed by atoms with E-state index in [0.29, 0.717) is 18.8 Å². The monoisotopic (exact) mass is 738 g/mol. The Labute approximate surface area is 323 Å². The number of barbiturate groups is 1. The van der Waals surface area contributed by atoms with Crippen molar-refractivity contribution in [3.8, 4) is 28.4 Å². The van der Waals surface area contributed by atoms with Crippen LogP contribution in [0.4, 0.5) is 4.79 Å². The number of amides is 4. The molecule has 1 heterocycles. The van der Waals surface area contributed by atoms with Crippen LogP contribution in [0.1, 0.15) is 122 Å². The molecule has 3 aromatic carbocycles. The van der Waals surface area contributed by atoms with Gasteiger partial charge in [-0.05, 0) is 78.4 Å². The zero-order valence-electron chi connectivity index (χ0n) is 33.0. The van der Waals surface area contributed by atoms with E-state index in [1.165, 1.54) is 95.5 Å². The Morgan fingerprint density at radius 3 is 1.11 bits per heavy atom. The van der Waals surface area contributed by atoms with Crippen molar-refractivity contribution in [1.82, 2.24) is 9.80 Å². The first-order valence-corrected chi connectivity index (χ1v) is 20.4. The molecular weight excluding hydrogens is 677 g/mol. The molecule has 0 aromatic heterocycles. The Morgan fingerprint density at radius 2 is 0.759 bits per heavy atom. The maximum absolute atomic E-state index is 12.4. The number of benzene rings is 3. The van der Waals surface area contributed by atoms with Crippen molar-refractivity contribution in [3.63, 3.8) is 0 Å². The average molecular weight is 739 g/mol. The quantitative estimate of drug-likeness (QED) is 0.0463. The van der Waals surface area contributed by atoms with Crippen LogP contribution in [0.5, 0.6) is 17.2 Å². The second-order valence-corrected chi connectivity index (χ2v) is 14.4. The number of imide groups is 2. The third-order valence-corrected chi connectivity index (χ3v) is 9.97. The van der Waals surface area contributed by atoms with Crippen LogP contribution in [0.3, 0.4) is 0 Å². The van der Waals surface area contributed by atoms with E-state index in [1.54, 1.807) is 12.1 Å². The van der Waals surface area contributed by atoms with E-state index in [0.717, 1.165) is 78.6 Å². The second-order valence-electron chi connectivity index (χ2n) is 14.4. The maximum Gasteiger partial charge on any atom is 0.333 e. The first-order chi connectivity index (χ1) is 26.4. The number of likely N-dealkylation sites (N-methyl/N-ethyl adjacent to an activating group) is 2. The minimum absolute atomic E-state index is 0.0400. The van der Waals surface area contributed by atoms with Gasteiger partial charge in [0.05, 0.1) is 19.8 Å². The Balaban J connectivity index is 0.993. The van der Waals surface area contributed by atoms with E-state index in [-0.39, 0.29) is 5.57 Å². The van der Waals surface area contributed by atoms with Crippen LogP contribution in [0.2, 0.25) is 0 Å². The highest BCUT2D eigenvalue weighted by molar-refractivity contribution is 6.30. The molecule has 1 aliphatic heterocycles. The Bertz CT molecular complexity index is 1560. The lowest BCUT2D eigenvalue weighted by Gasteiger charge is -2.28. The molecule has 0 N–H and O–H groups in total. The Hall–Kier alpha value is -4.59. The summed E-state index contributed by atoms with van der Waals surface area (Å²) in [4.78, 5) is 38.6. The largest absolute Gasteiger partial charge is 0.494 e. The van der Waals surface area contributed by atoms with Crippen molar-refractivity contribution in [3.05, 3.63) is 83.9 Å². The molecule has 3 aromatic rings. The van der Waals surface area contributed by atoms with Crippen molar-refractivity contribution in [2.24, 2.45) is 0 Å². The summed E-state index contributed by atoms with van der Waals surface area (Å²) in [6, 6.07) is 23.4. The van der Waals surface area contributed by atoms with Crippen molar-refractivity contribution in [1.29, 1.82) is 0 Å². The standard InChI is InChI=1S/C46H62N2O6/c1-4-5-6-7-8-9-10-11-12-15-18-34-53-41-29-23-38(24-30-41)39-25-31-42(32-26-39)54-35-20-17-14-13-16-19-33-52-40-27-21-37(22-28-40)36-43-44(49)47(2)46(51)48(3)45(43)50/h21-32,36H,4-20,33-35H2,1-3H3. The number of unbranched alkanes of at least 4 members (excludes halogenated alkanes) is 15. The fraction of sp³-hybridized carbons (Fsp3) is 0.500. The molecule has 0 saturated carbocycles. The summed E-state index contributed by atoms with van der Waals surface area (Å²) in [6.45, 7) is 4.41. The fourth-order valence-corrected chi connectivity index (χ4v) is 6.54. The van der Waals surface area contributed by atoms with Crippen molar-refractivity contribution < 1.29 is 28.6 Å². The smallest absolute Gasteiger partial charge is 0.333 e. The Kier molecular flexibility index (Phi) is 18.7. The van der Waals surface area contributed by atoms with Gasteiger partial charge >= 0.3 is 6.03 Å². The van der Waals surface area contributed by atoms with Crippen LogP contribution in [-0.2, 0) is 9.59 Å². The number of nitrogens with zero attached hydrogens (tertiary/aromatic N) is 2. The lowest BCUT2D eigenvalue weighted by molar-refractivity contribution is -0.134. The minimum Gasteiger partial charge on any atom is -0.494 e.